The highest BCUT2D eigenvalue weighted by Gasteiger charge is 2.16. The van der Waals surface area contributed by atoms with Crippen molar-refractivity contribution in [3.05, 3.63) is 58.7 Å². The molecule has 0 aromatic heterocycles. The Bertz CT molecular complexity index is 568. The van der Waals surface area contributed by atoms with Crippen LogP contribution in [0.3, 0.4) is 0 Å². The Labute approximate surface area is 129 Å². The molecule has 0 unspecified atom stereocenters. The average Bonchev–Trinajstić information content (AvgIpc) is 2.42. The number of rotatable bonds is 4. The second-order valence-electron chi connectivity index (χ2n) is 6.40. The van der Waals surface area contributed by atoms with E-state index in [4.69, 9.17) is 4.74 Å². The van der Waals surface area contributed by atoms with Gasteiger partial charge in [0.05, 0.1) is 0 Å². The molecule has 0 fully saturated rings. The van der Waals surface area contributed by atoms with Gasteiger partial charge >= 0.3 is 0 Å². The van der Waals surface area contributed by atoms with E-state index in [0.29, 0.717) is 11.8 Å². The second-order valence-corrected chi connectivity index (χ2v) is 6.40. The molecule has 0 aliphatic rings. The number of benzene rings is 2. The van der Waals surface area contributed by atoms with Crippen molar-refractivity contribution < 1.29 is 4.74 Å². The summed E-state index contributed by atoms with van der Waals surface area (Å²) in [6.45, 7) is 13.1. The van der Waals surface area contributed by atoms with Crippen LogP contribution in [0.5, 0.6) is 11.5 Å². The van der Waals surface area contributed by atoms with Crippen LogP contribution < -0.4 is 4.74 Å². The fraction of sp³-hybridized carbons (Fsp3) is 0.400. The first-order valence-corrected chi connectivity index (χ1v) is 7.78. The molecule has 0 aliphatic heterocycles. The van der Waals surface area contributed by atoms with E-state index in [-0.39, 0.29) is 0 Å². The molecule has 0 heterocycles. The number of ether oxygens (including phenoxy) is 1. The summed E-state index contributed by atoms with van der Waals surface area (Å²) in [7, 11) is 0. The van der Waals surface area contributed by atoms with Gasteiger partial charge in [0.25, 0.3) is 0 Å². The number of hydrogen-bond acceptors (Lipinski definition) is 1. The van der Waals surface area contributed by atoms with Gasteiger partial charge < -0.3 is 4.74 Å². The monoisotopic (exact) mass is 282 g/mol. The van der Waals surface area contributed by atoms with Crippen LogP contribution >= 0.6 is 0 Å². The fourth-order valence-electron chi connectivity index (χ4n) is 2.64. The van der Waals surface area contributed by atoms with Gasteiger partial charge in [-0.1, -0.05) is 64.1 Å². The summed E-state index contributed by atoms with van der Waals surface area (Å²) in [5.41, 5.74) is 4.93. The zero-order chi connectivity index (χ0) is 15.6. The summed E-state index contributed by atoms with van der Waals surface area (Å²) < 4.78 is 6.42. The van der Waals surface area contributed by atoms with Crippen molar-refractivity contribution in [2.24, 2.45) is 0 Å². The third kappa shape index (κ3) is 3.29. The first kappa shape index (κ1) is 15.6. The van der Waals surface area contributed by atoms with Gasteiger partial charge in [-0.15, -0.1) is 0 Å². The van der Waals surface area contributed by atoms with Crippen LogP contribution in [0.2, 0.25) is 0 Å². The minimum absolute atomic E-state index is 0.450. The number of para-hydroxylation sites is 2. The van der Waals surface area contributed by atoms with Crippen molar-refractivity contribution in [3.63, 3.8) is 0 Å². The highest BCUT2D eigenvalue weighted by molar-refractivity contribution is 5.50. The third-order valence-electron chi connectivity index (χ3n) is 3.93. The molecule has 0 radical (unpaired) electrons. The van der Waals surface area contributed by atoms with Crippen LogP contribution in [-0.4, -0.2) is 0 Å². The van der Waals surface area contributed by atoms with E-state index in [0.717, 1.165) is 11.5 Å². The molecule has 0 atom stereocenters. The molecular weight excluding hydrogens is 256 g/mol. The minimum Gasteiger partial charge on any atom is -0.456 e. The van der Waals surface area contributed by atoms with Crippen LogP contribution in [-0.2, 0) is 0 Å². The van der Waals surface area contributed by atoms with Crippen LogP contribution in [0.25, 0.3) is 0 Å². The molecule has 0 bridgehead atoms. The summed E-state index contributed by atoms with van der Waals surface area (Å²) in [4.78, 5) is 0. The topological polar surface area (TPSA) is 9.23 Å². The van der Waals surface area contributed by atoms with Crippen molar-refractivity contribution in [3.8, 4) is 11.5 Å². The van der Waals surface area contributed by atoms with E-state index in [1.54, 1.807) is 0 Å². The van der Waals surface area contributed by atoms with Gasteiger partial charge in [-0.25, -0.2) is 0 Å². The lowest BCUT2D eigenvalue weighted by molar-refractivity contribution is 0.457. The maximum Gasteiger partial charge on any atom is 0.133 e. The first-order valence-electron chi connectivity index (χ1n) is 7.78. The predicted molar refractivity (Wildman–Crippen MR) is 90.6 cm³/mol. The van der Waals surface area contributed by atoms with Gasteiger partial charge in [0, 0.05) is 0 Å². The first-order chi connectivity index (χ1) is 9.91. The standard InChI is InChI=1S/C20H26O/c1-13(2)17-11-7-9-15(5)19(17)21-20-16(6)10-8-12-18(20)14(3)4/h7-14H,1-6H3. The fourth-order valence-corrected chi connectivity index (χ4v) is 2.64. The van der Waals surface area contributed by atoms with Crippen LogP contribution in [0.1, 0.15) is 61.8 Å². The Morgan fingerprint density at radius 1 is 0.667 bits per heavy atom. The Balaban J connectivity index is 2.53. The van der Waals surface area contributed by atoms with Gasteiger partial charge in [-0.05, 0) is 47.9 Å². The molecule has 0 N–H and O–H groups in total. The third-order valence-corrected chi connectivity index (χ3v) is 3.93. The Morgan fingerprint density at radius 3 is 1.38 bits per heavy atom. The molecule has 0 amide bonds. The van der Waals surface area contributed by atoms with Gasteiger partial charge in [-0.3, -0.25) is 0 Å². The SMILES string of the molecule is Cc1cccc(C(C)C)c1Oc1c(C)cccc1C(C)C. The predicted octanol–water partition coefficient (Wildman–Crippen LogP) is 6.34. The van der Waals surface area contributed by atoms with Crippen molar-refractivity contribution in [1.29, 1.82) is 0 Å². The number of aryl methyl sites for hydroxylation is 2. The van der Waals surface area contributed by atoms with Crippen LogP contribution in [0.15, 0.2) is 36.4 Å². The lowest BCUT2D eigenvalue weighted by Crippen LogP contribution is -2.01. The van der Waals surface area contributed by atoms with E-state index in [9.17, 15) is 0 Å². The molecule has 21 heavy (non-hydrogen) atoms. The molecule has 112 valence electrons. The largest absolute Gasteiger partial charge is 0.456 e. The maximum atomic E-state index is 6.42. The molecule has 0 aliphatic carbocycles. The molecule has 2 aromatic carbocycles. The summed E-state index contributed by atoms with van der Waals surface area (Å²) in [5.74, 6) is 2.94. The highest BCUT2D eigenvalue weighted by atomic mass is 16.5. The normalized spacial score (nSPS) is 11.2. The Kier molecular flexibility index (Phi) is 4.72. The van der Waals surface area contributed by atoms with E-state index in [1.807, 2.05) is 0 Å². The Morgan fingerprint density at radius 2 is 1.05 bits per heavy atom. The molecule has 2 aromatic rings. The molecule has 0 saturated heterocycles. The summed E-state index contributed by atoms with van der Waals surface area (Å²) in [6, 6.07) is 12.8. The molecular formula is C20H26O. The molecule has 1 heteroatoms. The van der Waals surface area contributed by atoms with Crippen molar-refractivity contribution in [2.75, 3.05) is 0 Å². The molecule has 2 rings (SSSR count). The van der Waals surface area contributed by atoms with Crippen LogP contribution in [0.4, 0.5) is 0 Å². The summed E-state index contributed by atoms with van der Waals surface area (Å²) in [5, 5.41) is 0. The quantitative estimate of drug-likeness (QED) is 0.635. The zero-order valence-corrected chi connectivity index (χ0v) is 14.0. The maximum absolute atomic E-state index is 6.42. The lowest BCUT2D eigenvalue weighted by Gasteiger charge is -2.20. The molecule has 0 spiro atoms. The van der Waals surface area contributed by atoms with E-state index in [2.05, 4.69) is 77.9 Å². The Hall–Kier alpha value is -1.76. The highest BCUT2D eigenvalue weighted by Crippen LogP contribution is 2.38. The number of hydrogen-bond donors (Lipinski definition) is 0. The van der Waals surface area contributed by atoms with Gasteiger partial charge in [-0.2, -0.15) is 0 Å². The van der Waals surface area contributed by atoms with E-state index >= 15 is 0 Å². The second kappa shape index (κ2) is 6.34. The summed E-state index contributed by atoms with van der Waals surface area (Å²) in [6.07, 6.45) is 0. The van der Waals surface area contributed by atoms with Gasteiger partial charge in [0.2, 0.25) is 0 Å². The van der Waals surface area contributed by atoms with E-state index in [1.165, 1.54) is 22.3 Å². The van der Waals surface area contributed by atoms with Crippen molar-refractivity contribution >= 4 is 0 Å². The van der Waals surface area contributed by atoms with Crippen molar-refractivity contribution in [1.82, 2.24) is 0 Å². The van der Waals surface area contributed by atoms with Gasteiger partial charge in [0.1, 0.15) is 11.5 Å². The van der Waals surface area contributed by atoms with Gasteiger partial charge in [0.15, 0.2) is 0 Å². The average molecular weight is 282 g/mol. The summed E-state index contributed by atoms with van der Waals surface area (Å²) >= 11 is 0. The zero-order valence-electron chi connectivity index (χ0n) is 14.0. The van der Waals surface area contributed by atoms with Crippen LogP contribution in [0, 0.1) is 13.8 Å². The lowest BCUT2D eigenvalue weighted by atomic mass is 9.98. The molecule has 0 saturated carbocycles. The smallest absolute Gasteiger partial charge is 0.133 e. The van der Waals surface area contributed by atoms with Crippen molar-refractivity contribution in [2.45, 2.75) is 53.4 Å². The van der Waals surface area contributed by atoms with E-state index < -0.39 is 0 Å². The minimum atomic E-state index is 0.450. The molecule has 1 nitrogen and oxygen atoms in total.